The Bertz CT molecular complexity index is 771. The number of halogens is 1. The van der Waals surface area contributed by atoms with Crippen LogP contribution in [0.1, 0.15) is 36.5 Å². The van der Waals surface area contributed by atoms with Crippen LogP contribution in [0, 0.1) is 5.82 Å². The average molecular weight is 343 g/mol. The maximum Gasteiger partial charge on any atom is 0.311 e. The number of ether oxygens (including phenoxy) is 1. The molecule has 0 bridgehead atoms. The van der Waals surface area contributed by atoms with Gasteiger partial charge in [0.05, 0.1) is 0 Å². The fourth-order valence-corrected chi connectivity index (χ4v) is 2.11. The first kappa shape index (κ1) is 18.3. The normalized spacial score (nSPS) is 10.2. The number of para-hydroxylation sites is 1. The van der Waals surface area contributed by atoms with Crippen molar-refractivity contribution < 1.29 is 23.5 Å². The van der Waals surface area contributed by atoms with Crippen LogP contribution >= 0.6 is 0 Å². The molecule has 0 fully saturated rings. The molecule has 0 spiro atoms. The molecule has 0 heterocycles. The first-order chi connectivity index (χ1) is 12.0. The van der Waals surface area contributed by atoms with E-state index in [2.05, 4.69) is 5.32 Å². The Labute approximate surface area is 144 Å². The lowest BCUT2D eigenvalue weighted by Gasteiger charge is -2.07. The van der Waals surface area contributed by atoms with E-state index in [0.29, 0.717) is 11.3 Å². The second-order valence-electron chi connectivity index (χ2n) is 5.44. The van der Waals surface area contributed by atoms with Gasteiger partial charge >= 0.3 is 5.97 Å². The Balaban J connectivity index is 1.74. The summed E-state index contributed by atoms with van der Waals surface area (Å²) < 4.78 is 18.3. The summed E-state index contributed by atoms with van der Waals surface area (Å²) in [4.78, 5) is 34.7. The van der Waals surface area contributed by atoms with Crippen LogP contribution < -0.4 is 10.1 Å². The van der Waals surface area contributed by atoms with Crippen molar-refractivity contribution in [3.8, 4) is 5.75 Å². The standard InChI is InChI=1S/C19H18FNO4/c1-13(22)14-9-11-15(12-10-14)21-18(23)7-4-8-19(24)25-17-6-3-2-5-16(17)20/h2-3,5-6,9-12H,4,7-8H2,1H3,(H,21,23). The van der Waals surface area contributed by atoms with Crippen molar-refractivity contribution >= 4 is 23.3 Å². The summed E-state index contributed by atoms with van der Waals surface area (Å²) in [5.74, 6) is -1.63. The molecule has 5 nitrogen and oxygen atoms in total. The van der Waals surface area contributed by atoms with Crippen LogP contribution in [0.15, 0.2) is 48.5 Å². The average Bonchev–Trinajstić information content (AvgIpc) is 2.57. The van der Waals surface area contributed by atoms with Gasteiger partial charge in [0.2, 0.25) is 5.91 Å². The van der Waals surface area contributed by atoms with Gasteiger partial charge in [-0.15, -0.1) is 0 Å². The number of carbonyl (C=O) groups excluding carboxylic acids is 3. The summed E-state index contributed by atoms with van der Waals surface area (Å²) in [7, 11) is 0. The molecule has 1 amide bonds. The van der Waals surface area contributed by atoms with Gasteiger partial charge in [0.15, 0.2) is 17.3 Å². The third kappa shape index (κ3) is 5.84. The van der Waals surface area contributed by atoms with Crippen molar-refractivity contribution in [3.63, 3.8) is 0 Å². The molecule has 0 radical (unpaired) electrons. The van der Waals surface area contributed by atoms with E-state index < -0.39 is 11.8 Å². The molecule has 0 aliphatic heterocycles. The van der Waals surface area contributed by atoms with E-state index in [1.807, 2.05) is 0 Å². The molecule has 0 aliphatic rings. The van der Waals surface area contributed by atoms with Crippen LogP contribution in [0.4, 0.5) is 10.1 Å². The highest BCUT2D eigenvalue weighted by Gasteiger charge is 2.10. The third-order valence-electron chi connectivity index (χ3n) is 3.42. The topological polar surface area (TPSA) is 72.5 Å². The van der Waals surface area contributed by atoms with Crippen molar-refractivity contribution in [1.82, 2.24) is 0 Å². The second kappa shape index (κ2) is 8.73. The predicted molar refractivity (Wildman–Crippen MR) is 91.0 cm³/mol. The molecule has 2 aromatic carbocycles. The lowest BCUT2D eigenvalue weighted by Crippen LogP contribution is -2.14. The first-order valence-electron chi connectivity index (χ1n) is 7.82. The van der Waals surface area contributed by atoms with Crippen LogP contribution in [-0.2, 0) is 9.59 Å². The molecule has 0 aromatic heterocycles. The predicted octanol–water partition coefficient (Wildman–Crippen LogP) is 3.74. The van der Waals surface area contributed by atoms with E-state index in [1.165, 1.54) is 25.1 Å². The molecule has 130 valence electrons. The fourth-order valence-electron chi connectivity index (χ4n) is 2.11. The van der Waals surface area contributed by atoms with Crippen LogP contribution in [0.25, 0.3) is 0 Å². The van der Waals surface area contributed by atoms with Crippen LogP contribution in [0.5, 0.6) is 5.75 Å². The lowest BCUT2D eigenvalue weighted by atomic mass is 10.1. The van der Waals surface area contributed by atoms with E-state index in [-0.39, 0.29) is 36.7 Å². The molecule has 1 N–H and O–H groups in total. The number of carbonyl (C=O) groups is 3. The fraction of sp³-hybridized carbons (Fsp3) is 0.211. The number of hydrogen-bond acceptors (Lipinski definition) is 4. The number of rotatable bonds is 7. The molecular formula is C19H18FNO4. The Morgan fingerprint density at radius 2 is 1.68 bits per heavy atom. The second-order valence-corrected chi connectivity index (χ2v) is 5.44. The summed E-state index contributed by atoms with van der Waals surface area (Å²) in [5, 5.41) is 2.68. The number of esters is 1. The number of Topliss-reactive ketones (excluding diaryl/α,β-unsaturated/α-hetero) is 1. The van der Waals surface area contributed by atoms with Crippen molar-refractivity contribution in [2.24, 2.45) is 0 Å². The summed E-state index contributed by atoms with van der Waals surface area (Å²) in [6.45, 7) is 1.47. The Morgan fingerprint density at radius 3 is 2.32 bits per heavy atom. The molecule has 0 saturated carbocycles. The molecule has 0 atom stereocenters. The zero-order valence-corrected chi connectivity index (χ0v) is 13.8. The minimum Gasteiger partial charge on any atom is -0.423 e. The van der Waals surface area contributed by atoms with Gasteiger partial charge in [0.1, 0.15) is 0 Å². The first-order valence-corrected chi connectivity index (χ1v) is 7.82. The largest absolute Gasteiger partial charge is 0.423 e. The third-order valence-corrected chi connectivity index (χ3v) is 3.42. The monoisotopic (exact) mass is 343 g/mol. The summed E-state index contributed by atoms with van der Waals surface area (Å²) in [5.41, 5.74) is 1.14. The number of benzene rings is 2. The minimum absolute atomic E-state index is 0.00499. The van der Waals surface area contributed by atoms with E-state index in [0.717, 1.165) is 0 Å². The van der Waals surface area contributed by atoms with Crippen LogP contribution in [0.2, 0.25) is 0 Å². The van der Waals surface area contributed by atoms with Gasteiger partial charge in [-0.2, -0.15) is 0 Å². The van der Waals surface area contributed by atoms with Crippen molar-refractivity contribution in [2.45, 2.75) is 26.2 Å². The highest BCUT2D eigenvalue weighted by Crippen LogP contribution is 2.16. The van der Waals surface area contributed by atoms with Crippen molar-refractivity contribution in [3.05, 3.63) is 59.9 Å². The van der Waals surface area contributed by atoms with E-state index in [9.17, 15) is 18.8 Å². The van der Waals surface area contributed by atoms with Crippen molar-refractivity contribution in [2.75, 3.05) is 5.32 Å². The van der Waals surface area contributed by atoms with E-state index in [1.54, 1.807) is 30.3 Å². The van der Waals surface area contributed by atoms with E-state index in [4.69, 9.17) is 4.74 Å². The smallest absolute Gasteiger partial charge is 0.311 e. The maximum absolute atomic E-state index is 13.4. The molecule has 2 rings (SSSR count). The van der Waals surface area contributed by atoms with Gasteiger partial charge < -0.3 is 10.1 Å². The Kier molecular flexibility index (Phi) is 6.39. The molecule has 0 saturated heterocycles. The van der Waals surface area contributed by atoms with Gasteiger partial charge in [-0.1, -0.05) is 12.1 Å². The van der Waals surface area contributed by atoms with Gasteiger partial charge in [-0.25, -0.2) is 4.39 Å². The van der Waals surface area contributed by atoms with Crippen molar-refractivity contribution in [1.29, 1.82) is 0 Å². The van der Waals surface area contributed by atoms with Gasteiger partial charge in [0, 0.05) is 24.1 Å². The molecule has 0 unspecified atom stereocenters. The molecular weight excluding hydrogens is 325 g/mol. The summed E-state index contributed by atoms with van der Waals surface area (Å²) in [6, 6.07) is 12.2. The number of ketones is 1. The quantitative estimate of drug-likeness (QED) is 0.472. The Morgan fingerprint density at radius 1 is 1.00 bits per heavy atom. The zero-order chi connectivity index (χ0) is 18.2. The van der Waals surface area contributed by atoms with Crippen LogP contribution in [0.3, 0.4) is 0 Å². The minimum atomic E-state index is -0.609. The number of anilines is 1. The highest BCUT2D eigenvalue weighted by atomic mass is 19.1. The number of amides is 1. The van der Waals surface area contributed by atoms with Gasteiger partial charge in [0.25, 0.3) is 0 Å². The summed E-state index contributed by atoms with van der Waals surface area (Å²) in [6.07, 6.45) is 0.413. The molecule has 25 heavy (non-hydrogen) atoms. The number of hydrogen-bond donors (Lipinski definition) is 1. The molecule has 2 aromatic rings. The van der Waals surface area contributed by atoms with Gasteiger partial charge in [-0.05, 0) is 49.7 Å². The maximum atomic E-state index is 13.4. The Hall–Kier alpha value is -3.02. The lowest BCUT2D eigenvalue weighted by molar-refractivity contribution is -0.134. The van der Waals surface area contributed by atoms with E-state index >= 15 is 0 Å². The number of nitrogens with one attached hydrogen (secondary N) is 1. The SMILES string of the molecule is CC(=O)c1ccc(NC(=O)CCCC(=O)Oc2ccccc2F)cc1. The molecule has 6 heteroatoms. The zero-order valence-electron chi connectivity index (χ0n) is 13.8. The molecule has 0 aliphatic carbocycles. The highest BCUT2D eigenvalue weighted by molar-refractivity contribution is 5.95. The van der Waals surface area contributed by atoms with Gasteiger partial charge in [-0.3, -0.25) is 14.4 Å². The van der Waals surface area contributed by atoms with Crippen LogP contribution in [-0.4, -0.2) is 17.7 Å². The summed E-state index contributed by atoms with van der Waals surface area (Å²) >= 11 is 0.